The Labute approximate surface area is 251 Å². The molecule has 3 heterocycles. The van der Waals surface area contributed by atoms with E-state index in [1.54, 1.807) is 29.2 Å². The fourth-order valence-corrected chi connectivity index (χ4v) is 8.23. The molecule has 1 aromatic heterocycles. The Balaban J connectivity index is 1.24. The van der Waals surface area contributed by atoms with Gasteiger partial charge in [-0.05, 0) is 73.2 Å². The van der Waals surface area contributed by atoms with Gasteiger partial charge in [-0.15, -0.1) is 0 Å². The van der Waals surface area contributed by atoms with Gasteiger partial charge in [0, 0.05) is 44.8 Å². The summed E-state index contributed by atoms with van der Waals surface area (Å²) in [6, 6.07) is 18.5. The number of aromatic nitrogens is 1. The Kier molecular flexibility index (Phi) is 8.42. The van der Waals surface area contributed by atoms with Crippen molar-refractivity contribution >= 4 is 42.6 Å². The van der Waals surface area contributed by atoms with Gasteiger partial charge in [-0.25, -0.2) is 13.4 Å². The van der Waals surface area contributed by atoms with Crippen molar-refractivity contribution in [2.75, 3.05) is 50.8 Å². The van der Waals surface area contributed by atoms with Crippen molar-refractivity contribution in [3.8, 4) is 0 Å². The third-order valence-electron chi connectivity index (χ3n) is 8.20. The molecule has 0 aliphatic carbocycles. The highest BCUT2D eigenvalue weighted by atomic mass is 32.2. The van der Waals surface area contributed by atoms with Crippen LogP contribution in [-0.2, 0) is 27.7 Å². The van der Waals surface area contributed by atoms with Crippen LogP contribution in [0.5, 0.6) is 0 Å². The topological polar surface area (TPSA) is 83.0 Å². The predicted molar refractivity (Wildman–Crippen MR) is 167 cm³/mol. The lowest BCUT2D eigenvalue weighted by atomic mass is 10.0. The van der Waals surface area contributed by atoms with E-state index < -0.39 is 10.0 Å². The predicted octanol–water partition coefficient (Wildman–Crippen LogP) is 5.03. The summed E-state index contributed by atoms with van der Waals surface area (Å²) < 4.78 is 35.1. The van der Waals surface area contributed by atoms with Gasteiger partial charge in [-0.3, -0.25) is 14.6 Å². The lowest BCUT2D eigenvalue weighted by molar-refractivity contribution is 0.0376. The summed E-state index contributed by atoms with van der Waals surface area (Å²) >= 11 is 1.53. The van der Waals surface area contributed by atoms with Crippen molar-refractivity contribution in [3.05, 3.63) is 88.5 Å². The molecule has 1 fully saturated rings. The van der Waals surface area contributed by atoms with E-state index in [4.69, 9.17) is 9.72 Å². The zero-order chi connectivity index (χ0) is 29.3. The number of thiazole rings is 1. The zero-order valence-electron chi connectivity index (χ0n) is 24.1. The van der Waals surface area contributed by atoms with Crippen molar-refractivity contribution in [2.45, 2.75) is 38.1 Å². The summed E-state index contributed by atoms with van der Waals surface area (Å²) in [6.45, 7) is 9.53. The summed E-state index contributed by atoms with van der Waals surface area (Å²) in [5.74, 6) is -0.179. The van der Waals surface area contributed by atoms with E-state index in [0.29, 0.717) is 36.8 Å². The molecule has 1 amide bonds. The number of aryl methyl sites for hydroxylation is 2. The number of hydrogen-bond acceptors (Lipinski definition) is 7. The first-order chi connectivity index (χ1) is 20.3. The van der Waals surface area contributed by atoms with Crippen molar-refractivity contribution in [1.29, 1.82) is 0 Å². The van der Waals surface area contributed by atoms with Gasteiger partial charge in [0.2, 0.25) is 10.0 Å². The quantitative estimate of drug-likeness (QED) is 0.281. The summed E-state index contributed by atoms with van der Waals surface area (Å²) in [7, 11) is -3.69. The molecule has 0 unspecified atom stereocenters. The summed E-state index contributed by atoms with van der Waals surface area (Å²) in [4.78, 5) is 23.2. The maximum absolute atomic E-state index is 14.0. The Morgan fingerprint density at radius 1 is 0.952 bits per heavy atom. The third-order valence-corrected chi connectivity index (χ3v) is 11.3. The molecule has 0 atom stereocenters. The van der Waals surface area contributed by atoms with Crippen LogP contribution >= 0.6 is 11.3 Å². The van der Waals surface area contributed by atoms with Crippen LogP contribution in [0.4, 0.5) is 5.13 Å². The normalized spacial score (nSPS) is 16.4. The second kappa shape index (κ2) is 12.2. The number of amides is 1. The largest absolute Gasteiger partial charge is 0.379 e. The number of morpholine rings is 1. The zero-order valence-corrected chi connectivity index (χ0v) is 25.7. The number of sulfonamides is 1. The van der Waals surface area contributed by atoms with Crippen LogP contribution in [-0.4, -0.2) is 74.5 Å². The average molecular weight is 605 g/mol. The highest BCUT2D eigenvalue weighted by Gasteiger charge is 2.29. The Bertz CT molecular complexity index is 1660. The van der Waals surface area contributed by atoms with Crippen LogP contribution in [0.3, 0.4) is 0 Å². The Morgan fingerprint density at radius 3 is 2.40 bits per heavy atom. The molecule has 42 heavy (non-hydrogen) atoms. The van der Waals surface area contributed by atoms with E-state index in [-0.39, 0.29) is 10.8 Å². The number of carbonyl (C=O) groups excluding carboxylic acids is 1. The lowest BCUT2D eigenvalue weighted by Crippen LogP contribution is -2.39. The number of nitrogens with zero attached hydrogens (tertiary/aromatic N) is 4. The van der Waals surface area contributed by atoms with Crippen LogP contribution in [0.15, 0.2) is 65.6 Å². The molecular formula is C32H36N4O4S2. The van der Waals surface area contributed by atoms with Gasteiger partial charge in [-0.1, -0.05) is 47.7 Å². The fourth-order valence-electron chi connectivity index (χ4n) is 5.67. The van der Waals surface area contributed by atoms with Gasteiger partial charge in [0.1, 0.15) is 0 Å². The summed E-state index contributed by atoms with van der Waals surface area (Å²) in [5.41, 5.74) is 5.80. The molecule has 10 heteroatoms. The molecule has 4 aromatic rings. The Morgan fingerprint density at radius 2 is 1.67 bits per heavy atom. The van der Waals surface area contributed by atoms with E-state index in [1.165, 1.54) is 21.2 Å². The molecule has 0 bridgehead atoms. The fraction of sp³-hybridized carbons (Fsp3) is 0.375. The number of benzene rings is 3. The standard InChI is InChI=1S/C32H36N4O4S2/c1-23-8-9-24(2)30-29(23)33-32(41-30)36(16-5-15-34-18-20-40-21-19-34)31(37)26-10-12-28(13-11-26)42(38,39)35-17-14-25-6-3-4-7-27(25)22-35/h3-4,6-13H,5,14-22H2,1-2H3. The van der Waals surface area contributed by atoms with Crippen LogP contribution < -0.4 is 4.90 Å². The Hall–Kier alpha value is -3.15. The smallest absolute Gasteiger partial charge is 0.260 e. The number of ether oxygens (including phenoxy) is 1. The molecule has 0 N–H and O–H groups in total. The first-order valence-electron chi connectivity index (χ1n) is 14.5. The molecule has 6 rings (SSSR count). The van der Waals surface area contributed by atoms with Crippen LogP contribution in [0, 0.1) is 13.8 Å². The molecule has 0 radical (unpaired) electrons. The van der Waals surface area contributed by atoms with E-state index in [0.717, 1.165) is 66.2 Å². The van der Waals surface area contributed by atoms with Gasteiger partial charge in [0.25, 0.3) is 5.91 Å². The molecule has 0 spiro atoms. The molecule has 8 nitrogen and oxygen atoms in total. The minimum absolute atomic E-state index is 0.179. The number of hydrogen-bond donors (Lipinski definition) is 0. The maximum Gasteiger partial charge on any atom is 0.260 e. The highest BCUT2D eigenvalue weighted by molar-refractivity contribution is 7.89. The minimum atomic E-state index is -3.69. The van der Waals surface area contributed by atoms with Crippen LogP contribution in [0.1, 0.15) is 39.0 Å². The molecule has 0 saturated carbocycles. The van der Waals surface area contributed by atoms with E-state index in [9.17, 15) is 13.2 Å². The van der Waals surface area contributed by atoms with Gasteiger partial charge < -0.3 is 4.74 Å². The second-order valence-electron chi connectivity index (χ2n) is 11.0. The molecule has 220 valence electrons. The van der Waals surface area contributed by atoms with Gasteiger partial charge in [0.05, 0.1) is 28.3 Å². The SMILES string of the molecule is Cc1ccc(C)c2sc(N(CCCN3CCOCC3)C(=O)c3ccc(S(=O)(=O)N4CCc5ccccc5C4)cc3)nc12. The van der Waals surface area contributed by atoms with Gasteiger partial charge in [0.15, 0.2) is 5.13 Å². The molecule has 3 aromatic carbocycles. The van der Waals surface area contributed by atoms with Gasteiger partial charge in [-0.2, -0.15) is 4.31 Å². The van der Waals surface area contributed by atoms with Crippen LogP contribution in [0.2, 0.25) is 0 Å². The summed E-state index contributed by atoms with van der Waals surface area (Å²) in [6.07, 6.45) is 1.48. The molecular weight excluding hydrogens is 569 g/mol. The molecule has 1 saturated heterocycles. The highest BCUT2D eigenvalue weighted by Crippen LogP contribution is 2.34. The first kappa shape index (κ1) is 28.9. The number of carbonyl (C=O) groups is 1. The van der Waals surface area contributed by atoms with Crippen LogP contribution in [0.25, 0.3) is 10.2 Å². The van der Waals surface area contributed by atoms with Crippen molar-refractivity contribution in [1.82, 2.24) is 14.2 Å². The van der Waals surface area contributed by atoms with E-state index in [1.807, 2.05) is 25.1 Å². The van der Waals surface area contributed by atoms with Crippen molar-refractivity contribution in [2.24, 2.45) is 0 Å². The lowest BCUT2D eigenvalue weighted by Gasteiger charge is -2.28. The second-order valence-corrected chi connectivity index (χ2v) is 13.9. The monoisotopic (exact) mass is 604 g/mol. The number of anilines is 1. The van der Waals surface area contributed by atoms with E-state index >= 15 is 0 Å². The third kappa shape index (κ3) is 5.87. The first-order valence-corrected chi connectivity index (χ1v) is 16.7. The molecule has 2 aliphatic heterocycles. The molecule has 2 aliphatic rings. The summed E-state index contributed by atoms with van der Waals surface area (Å²) in [5, 5.41) is 0.665. The average Bonchev–Trinajstić information content (AvgIpc) is 3.48. The van der Waals surface area contributed by atoms with Crippen molar-refractivity contribution in [3.63, 3.8) is 0 Å². The number of fused-ring (bicyclic) bond motifs is 2. The maximum atomic E-state index is 14.0. The number of rotatable bonds is 8. The van der Waals surface area contributed by atoms with Gasteiger partial charge >= 0.3 is 0 Å². The van der Waals surface area contributed by atoms with Crippen molar-refractivity contribution < 1.29 is 17.9 Å². The van der Waals surface area contributed by atoms with E-state index in [2.05, 4.69) is 30.0 Å². The minimum Gasteiger partial charge on any atom is -0.379 e.